The van der Waals surface area contributed by atoms with Crippen LogP contribution in [0.5, 0.6) is 0 Å². The Hall–Kier alpha value is -0.840. The number of nitrogens with two attached hydrogens (primary N) is 1. The smallest absolute Gasteiger partial charge is 0.0950 e. The average molecular weight is 236 g/mol. The fourth-order valence-corrected chi connectivity index (χ4v) is 3.27. The Bertz CT molecular complexity index is 352. The van der Waals surface area contributed by atoms with Gasteiger partial charge in [0.1, 0.15) is 0 Å². The van der Waals surface area contributed by atoms with Gasteiger partial charge in [-0.1, -0.05) is 0 Å². The predicted molar refractivity (Wildman–Crippen MR) is 64.6 cm³/mol. The van der Waals surface area contributed by atoms with E-state index in [1.807, 2.05) is 12.3 Å². The topological polar surface area (TPSA) is 51.6 Å². The number of hydrogen-bond donors (Lipinski definition) is 1. The molecule has 1 aromatic rings. The van der Waals surface area contributed by atoms with Gasteiger partial charge in [0.2, 0.25) is 0 Å². The van der Waals surface area contributed by atoms with Gasteiger partial charge in [-0.05, 0) is 25.3 Å². The van der Waals surface area contributed by atoms with E-state index in [-0.39, 0.29) is 6.04 Å². The van der Waals surface area contributed by atoms with Crippen molar-refractivity contribution in [1.29, 1.82) is 0 Å². The van der Waals surface area contributed by atoms with Crippen molar-refractivity contribution in [2.75, 3.05) is 19.7 Å². The molecule has 0 aromatic carbocycles. The van der Waals surface area contributed by atoms with Crippen molar-refractivity contribution in [3.8, 4) is 0 Å². The Morgan fingerprint density at radius 3 is 3.18 bits per heavy atom. The molecule has 1 aromatic heterocycles. The van der Waals surface area contributed by atoms with E-state index < -0.39 is 0 Å². The number of fused-ring (bicyclic) bond motifs is 1. The normalized spacial score (nSPS) is 31.4. The van der Waals surface area contributed by atoms with Crippen LogP contribution in [0.1, 0.15) is 30.9 Å². The van der Waals surface area contributed by atoms with Crippen molar-refractivity contribution in [2.45, 2.75) is 37.5 Å². The number of furan rings is 1. The summed E-state index contributed by atoms with van der Waals surface area (Å²) < 4.78 is 11.0. The fourth-order valence-electron chi connectivity index (χ4n) is 3.27. The zero-order chi connectivity index (χ0) is 11.7. The number of morpholine rings is 1. The highest BCUT2D eigenvalue weighted by Crippen LogP contribution is 2.34. The van der Waals surface area contributed by atoms with Gasteiger partial charge < -0.3 is 14.9 Å². The first-order chi connectivity index (χ1) is 8.40. The van der Waals surface area contributed by atoms with Gasteiger partial charge in [0.25, 0.3) is 0 Å². The third kappa shape index (κ3) is 2.01. The number of nitrogens with zero attached hydrogens (tertiary/aromatic N) is 1. The first-order valence-electron chi connectivity index (χ1n) is 6.49. The first kappa shape index (κ1) is 11.3. The second-order valence-electron chi connectivity index (χ2n) is 4.95. The van der Waals surface area contributed by atoms with Crippen LogP contribution in [0.15, 0.2) is 23.0 Å². The highest BCUT2D eigenvalue weighted by atomic mass is 16.5. The molecule has 2 fully saturated rings. The predicted octanol–water partition coefficient (Wildman–Crippen LogP) is 1.53. The summed E-state index contributed by atoms with van der Waals surface area (Å²) in [5.41, 5.74) is 7.15. The minimum Gasteiger partial charge on any atom is -0.472 e. The van der Waals surface area contributed by atoms with Gasteiger partial charge in [-0.25, -0.2) is 0 Å². The molecule has 0 amide bonds. The summed E-state index contributed by atoms with van der Waals surface area (Å²) in [6, 6.07) is 2.85. The van der Waals surface area contributed by atoms with Crippen molar-refractivity contribution in [3.63, 3.8) is 0 Å². The molecule has 2 heterocycles. The van der Waals surface area contributed by atoms with E-state index in [4.69, 9.17) is 14.9 Å². The lowest BCUT2D eigenvalue weighted by molar-refractivity contribution is -0.0712. The Balaban J connectivity index is 1.81. The summed E-state index contributed by atoms with van der Waals surface area (Å²) in [4.78, 5) is 2.52. The summed E-state index contributed by atoms with van der Waals surface area (Å²) >= 11 is 0. The van der Waals surface area contributed by atoms with Crippen molar-refractivity contribution < 1.29 is 9.15 Å². The van der Waals surface area contributed by atoms with Gasteiger partial charge in [0.05, 0.1) is 31.3 Å². The average Bonchev–Trinajstić information content (AvgIpc) is 3.00. The van der Waals surface area contributed by atoms with Crippen molar-refractivity contribution >= 4 is 0 Å². The first-order valence-corrected chi connectivity index (χ1v) is 6.49. The molecule has 0 bridgehead atoms. The molecular weight excluding hydrogens is 216 g/mol. The molecule has 94 valence electrons. The quantitative estimate of drug-likeness (QED) is 0.864. The Labute approximate surface area is 102 Å². The number of hydrogen-bond acceptors (Lipinski definition) is 4. The maximum Gasteiger partial charge on any atom is 0.0950 e. The summed E-state index contributed by atoms with van der Waals surface area (Å²) in [7, 11) is 0. The minimum atomic E-state index is 0.281. The molecule has 4 nitrogen and oxygen atoms in total. The number of rotatable bonds is 3. The van der Waals surface area contributed by atoms with Crippen LogP contribution in [0.3, 0.4) is 0 Å². The van der Waals surface area contributed by atoms with Crippen molar-refractivity contribution in [3.05, 3.63) is 24.2 Å². The van der Waals surface area contributed by atoms with Crippen LogP contribution in [-0.2, 0) is 4.74 Å². The van der Waals surface area contributed by atoms with Crippen LogP contribution in [0, 0.1) is 0 Å². The van der Waals surface area contributed by atoms with Gasteiger partial charge in [0, 0.05) is 24.7 Å². The Kier molecular flexibility index (Phi) is 3.18. The monoisotopic (exact) mass is 236 g/mol. The molecule has 2 aliphatic rings. The molecule has 1 saturated carbocycles. The molecule has 3 unspecified atom stereocenters. The SMILES string of the molecule is NCC(c1ccoc1)N1CCOC2CCCC21. The summed E-state index contributed by atoms with van der Waals surface area (Å²) in [6.45, 7) is 2.45. The lowest BCUT2D eigenvalue weighted by Gasteiger charge is -2.42. The van der Waals surface area contributed by atoms with Crippen LogP contribution >= 0.6 is 0 Å². The largest absolute Gasteiger partial charge is 0.472 e. The third-order valence-electron chi connectivity index (χ3n) is 4.08. The lowest BCUT2D eigenvalue weighted by Crippen LogP contribution is -2.51. The van der Waals surface area contributed by atoms with Crippen LogP contribution in [0.2, 0.25) is 0 Å². The third-order valence-corrected chi connectivity index (χ3v) is 4.08. The number of ether oxygens (including phenoxy) is 1. The highest BCUT2D eigenvalue weighted by molar-refractivity contribution is 5.13. The van der Waals surface area contributed by atoms with Crippen molar-refractivity contribution in [2.24, 2.45) is 5.73 Å². The van der Waals surface area contributed by atoms with Gasteiger partial charge in [-0.15, -0.1) is 0 Å². The van der Waals surface area contributed by atoms with Crippen LogP contribution < -0.4 is 5.73 Å². The fraction of sp³-hybridized carbons (Fsp3) is 0.692. The van der Waals surface area contributed by atoms with E-state index in [1.165, 1.54) is 24.8 Å². The summed E-state index contributed by atoms with van der Waals surface area (Å²) in [5.74, 6) is 0. The van der Waals surface area contributed by atoms with Crippen LogP contribution in [0.25, 0.3) is 0 Å². The molecule has 17 heavy (non-hydrogen) atoms. The van der Waals surface area contributed by atoms with Gasteiger partial charge >= 0.3 is 0 Å². The molecule has 4 heteroatoms. The maximum atomic E-state index is 5.95. The van der Waals surface area contributed by atoms with E-state index in [9.17, 15) is 0 Å². The zero-order valence-corrected chi connectivity index (χ0v) is 10.0. The molecule has 2 N–H and O–H groups in total. The summed E-state index contributed by atoms with van der Waals surface area (Å²) in [5, 5.41) is 0. The molecular formula is C13H20N2O2. The van der Waals surface area contributed by atoms with E-state index in [0.29, 0.717) is 18.7 Å². The van der Waals surface area contributed by atoms with Crippen LogP contribution in [0.4, 0.5) is 0 Å². The van der Waals surface area contributed by atoms with E-state index in [0.717, 1.165) is 13.2 Å². The second-order valence-corrected chi connectivity index (χ2v) is 4.95. The molecule has 3 atom stereocenters. The standard InChI is InChI=1S/C13H20N2O2/c14-8-12(10-4-6-16-9-10)15-5-7-17-13-3-1-2-11(13)15/h4,6,9,11-13H,1-3,5,7-8,14H2. The van der Waals surface area contributed by atoms with Crippen molar-refractivity contribution in [1.82, 2.24) is 4.90 Å². The molecule has 0 radical (unpaired) electrons. The van der Waals surface area contributed by atoms with Crippen LogP contribution in [-0.4, -0.2) is 36.7 Å². The Morgan fingerprint density at radius 2 is 2.41 bits per heavy atom. The highest BCUT2D eigenvalue weighted by Gasteiger charge is 2.39. The van der Waals surface area contributed by atoms with Gasteiger partial charge in [0.15, 0.2) is 0 Å². The molecule has 0 spiro atoms. The van der Waals surface area contributed by atoms with Gasteiger partial charge in [-0.2, -0.15) is 0 Å². The maximum absolute atomic E-state index is 5.95. The summed E-state index contributed by atoms with van der Waals surface area (Å²) in [6.07, 6.45) is 7.67. The molecule has 1 saturated heterocycles. The molecule has 1 aliphatic carbocycles. The minimum absolute atomic E-state index is 0.281. The molecule has 1 aliphatic heterocycles. The zero-order valence-electron chi connectivity index (χ0n) is 10.0. The van der Waals surface area contributed by atoms with E-state index in [1.54, 1.807) is 6.26 Å². The molecule has 3 rings (SSSR count). The second kappa shape index (κ2) is 4.80. The van der Waals surface area contributed by atoms with E-state index >= 15 is 0 Å². The lowest BCUT2D eigenvalue weighted by atomic mass is 10.0. The van der Waals surface area contributed by atoms with E-state index in [2.05, 4.69) is 4.90 Å². The van der Waals surface area contributed by atoms with Gasteiger partial charge in [-0.3, -0.25) is 4.90 Å². The Morgan fingerprint density at radius 1 is 1.47 bits per heavy atom.